The maximum atomic E-state index is 13.2. The highest BCUT2D eigenvalue weighted by molar-refractivity contribution is 7.89. The van der Waals surface area contributed by atoms with Crippen molar-refractivity contribution in [1.82, 2.24) is 9.62 Å². The van der Waals surface area contributed by atoms with Crippen molar-refractivity contribution in [3.8, 4) is 0 Å². The first-order chi connectivity index (χ1) is 15.2. The third-order valence-electron chi connectivity index (χ3n) is 6.84. The smallest absolute Gasteiger partial charge is 0.255 e. The van der Waals surface area contributed by atoms with Crippen molar-refractivity contribution in [2.45, 2.75) is 50.5 Å². The van der Waals surface area contributed by atoms with E-state index < -0.39 is 10.0 Å². The summed E-state index contributed by atoms with van der Waals surface area (Å²) in [5, 5.41) is 2.91. The molecule has 6 nitrogen and oxygen atoms in total. The van der Waals surface area contributed by atoms with Gasteiger partial charge in [0.1, 0.15) is 0 Å². The predicted octanol–water partition coefficient (Wildman–Crippen LogP) is 3.95. The zero-order valence-electron chi connectivity index (χ0n) is 19.1. The maximum Gasteiger partial charge on any atom is 0.255 e. The highest BCUT2D eigenvalue weighted by atomic mass is 32.2. The molecule has 2 aromatic carbocycles. The summed E-state index contributed by atoms with van der Waals surface area (Å²) in [6, 6.07) is 12.3. The topological polar surface area (TPSA) is 78.5 Å². The second-order valence-corrected chi connectivity index (χ2v) is 11.1. The Morgan fingerprint density at radius 1 is 0.969 bits per heavy atom. The lowest BCUT2D eigenvalue weighted by molar-refractivity contribution is 0.102. The number of hydrogen-bond acceptors (Lipinski definition) is 4. The van der Waals surface area contributed by atoms with Crippen LogP contribution >= 0.6 is 0 Å². The molecule has 1 amide bonds. The average molecular weight is 456 g/mol. The molecule has 1 aliphatic carbocycles. The summed E-state index contributed by atoms with van der Waals surface area (Å²) in [4.78, 5) is 15.2. The molecule has 0 radical (unpaired) electrons. The van der Waals surface area contributed by atoms with Crippen LogP contribution in [0.1, 0.15) is 47.2 Å². The molecule has 1 saturated carbocycles. The summed E-state index contributed by atoms with van der Waals surface area (Å²) in [6.07, 6.45) is 4.26. The van der Waals surface area contributed by atoms with Crippen molar-refractivity contribution in [3.05, 3.63) is 59.2 Å². The molecule has 1 saturated heterocycles. The van der Waals surface area contributed by atoms with E-state index >= 15 is 0 Å². The van der Waals surface area contributed by atoms with Crippen LogP contribution in [0.25, 0.3) is 0 Å². The van der Waals surface area contributed by atoms with Crippen LogP contribution in [0, 0.1) is 25.7 Å². The number of piperidine rings is 1. The third-order valence-corrected chi connectivity index (χ3v) is 8.30. The number of benzene rings is 2. The van der Waals surface area contributed by atoms with Crippen molar-refractivity contribution >= 4 is 21.6 Å². The van der Waals surface area contributed by atoms with Crippen molar-refractivity contribution < 1.29 is 13.2 Å². The van der Waals surface area contributed by atoms with E-state index in [-0.39, 0.29) is 16.8 Å². The van der Waals surface area contributed by atoms with Crippen LogP contribution in [-0.4, -0.2) is 45.4 Å². The first-order valence-corrected chi connectivity index (χ1v) is 12.9. The Bertz CT molecular complexity index is 1090. The summed E-state index contributed by atoms with van der Waals surface area (Å²) >= 11 is 0. The summed E-state index contributed by atoms with van der Waals surface area (Å²) in [6.45, 7) is 5.75. The minimum absolute atomic E-state index is 0.00874. The maximum absolute atomic E-state index is 13.2. The minimum atomic E-state index is -3.63. The van der Waals surface area contributed by atoms with E-state index in [1.165, 1.54) is 0 Å². The van der Waals surface area contributed by atoms with Crippen molar-refractivity contribution in [1.29, 1.82) is 0 Å². The molecule has 2 aromatic rings. The monoisotopic (exact) mass is 455 g/mol. The van der Waals surface area contributed by atoms with Crippen molar-refractivity contribution in [2.24, 2.45) is 11.8 Å². The van der Waals surface area contributed by atoms with Crippen molar-refractivity contribution in [2.75, 3.05) is 25.5 Å². The highest BCUT2D eigenvalue weighted by Gasteiger charge is 2.40. The van der Waals surface area contributed by atoms with Crippen LogP contribution in [0.15, 0.2) is 47.4 Å². The summed E-state index contributed by atoms with van der Waals surface area (Å²) < 4.78 is 29.5. The number of amides is 1. The van der Waals surface area contributed by atoms with Crippen LogP contribution in [0.2, 0.25) is 0 Å². The largest absolute Gasteiger partial charge is 0.322 e. The van der Waals surface area contributed by atoms with Gasteiger partial charge in [-0.3, -0.25) is 4.79 Å². The predicted molar refractivity (Wildman–Crippen MR) is 127 cm³/mol. The van der Waals surface area contributed by atoms with Crippen molar-refractivity contribution in [3.63, 3.8) is 0 Å². The lowest BCUT2D eigenvalue weighted by atomic mass is 9.87. The zero-order chi connectivity index (χ0) is 22.9. The average Bonchev–Trinajstić information content (AvgIpc) is 3.60. The Kier molecular flexibility index (Phi) is 6.70. The summed E-state index contributed by atoms with van der Waals surface area (Å²) in [7, 11) is -1.51. The molecular formula is C25H33N3O3S. The number of aryl methyl sites for hydroxylation is 2. The van der Waals surface area contributed by atoms with Gasteiger partial charge in [0.2, 0.25) is 10.0 Å². The number of likely N-dealkylation sites (tertiary alicyclic amines) is 1. The van der Waals surface area contributed by atoms with Crippen LogP contribution in [0.4, 0.5) is 5.69 Å². The number of nitrogens with zero attached hydrogens (tertiary/aromatic N) is 1. The molecule has 1 atom stereocenters. The molecule has 0 spiro atoms. The van der Waals surface area contributed by atoms with E-state index in [2.05, 4.69) is 22.0 Å². The number of anilines is 1. The Balaban J connectivity index is 1.48. The molecule has 2 N–H and O–H groups in total. The number of sulfonamides is 1. The number of carbonyl (C=O) groups is 1. The van der Waals surface area contributed by atoms with Gasteiger partial charge in [-0.15, -0.1) is 0 Å². The van der Waals surface area contributed by atoms with Gasteiger partial charge in [0.05, 0.1) is 4.90 Å². The lowest BCUT2D eigenvalue weighted by Crippen LogP contribution is -2.45. The Morgan fingerprint density at radius 3 is 2.25 bits per heavy atom. The fourth-order valence-electron chi connectivity index (χ4n) is 4.63. The first-order valence-electron chi connectivity index (χ1n) is 11.4. The standard InChI is InChI=1S/C25H33N3O3S/c1-17-6-4-5-7-22(17)25(29)26-23-11-10-21(16-18(23)2)32(30,31)27-24(19-8-9-19)20-12-14-28(3)15-13-20/h4-7,10-11,16,19-20,24,27H,8-9,12-15H2,1-3H3,(H,26,29). The number of rotatable bonds is 7. The molecule has 0 bridgehead atoms. The van der Waals surface area contributed by atoms with E-state index in [1.807, 2.05) is 32.0 Å². The SMILES string of the molecule is Cc1cc(S(=O)(=O)NC(C2CC2)C2CCN(C)CC2)ccc1NC(=O)c1ccccc1C. The van der Waals surface area contributed by atoms with Crippen LogP contribution in [-0.2, 0) is 10.0 Å². The van der Waals surface area contributed by atoms with E-state index in [1.54, 1.807) is 24.3 Å². The van der Waals surface area contributed by atoms with Gasteiger partial charge in [-0.2, -0.15) is 0 Å². The molecule has 2 aliphatic rings. The van der Waals surface area contributed by atoms with E-state index in [4.69, 9.17) is 0 Å². The van der Waals surface area contributed by atoms with Gasteiger partial charge in [-0.05, 0) is 107 Å². The molecule has 7 heteroatoms. The molecule has 1 unspecified atom stereocenters. The fraction of sp³-hybridized carbons (Fsp3) is 0.480. The summed E-state index contributed by atoms with van der Waals surface area (Å²) in [5.41, 5.74) is 2.84. The normalized spacial score (nSPS) is 19.0. The Morgan fingerprint density at radius 2 is 1.62 bits per heavy atom. The molecule has 172 valence electrons. The second-order valence-electron chi connectivity index (χ2n) is 9.37. The Labute approximate surface area is 191 Å². The quantitative estimate of drug-likeness (QED) is 0.663. The van der Waals surface area contributed by atoms with E-state index in [9.17, 15) is 13.2 Å². The molecule has 1 aliphatic heterocycles. The lowest BCUT2D eigenvalue weighted by Gasteiger charge is -2.34. The van der Waals surface area contributed by atoms with Gasteiger partial charge < -0.3 is 10.2 Å². The number of hydrogen-bond donors (Lipinski definition) is 2. The van der Waals surface area contributed by atoms with Crippen LogP contribution < -0.4 is 10.0 Å². The zero-order valence-corrected chi connectivity index (χ0v) is 19.9. The second kappa shape index (κ2) is 9.33. The number of carbonyl (C=O) groups excluding carboxylic acids is 1. The van der Waals surface area contributed by atoms with Gasteiger partial charge in [-0.25, -0.2) is 13.1 Å². The molecule has 1 heterocycles. The molecule has 32 heavy (non-hydrogen) atoms. The van der Waals surface area contributed by atoms with Crippen LogP contribution in [0.3, 0.4) is 0 Å². The third kappa shape index (κ3) is 5.22. The first kappa shape index (κ1) is 23.0. The molecule has 4 rings (SSSR count). The fourth-order valence-corrected chi connectivity index (χ4v) is 6.09. The molecule has 2 fully saturated rings. The van der Waals surface area contributed by atoms with Gasteiger partial charge in [-0.1, -0.05) is 18.2 Å². The molecular weight excluding hydrogens is 422 g/mol. The Hall–Kier alpha value is -2.22. The van der Waals surface area contributed by atoms with Gasteiger partial charge in [0.25, 0.3) is 5.91 Å². The van der Waals surface area contributed by atoms with E-state index in [0.717, 1.165) is 49.9 Å². The van der Waals surface area contributed by atoms with Gasteiger partial charge in [0.15, 0.2) is 0 Å². The minimum Gasteiger partial charge on any atom is -0.322 e. The number of nitrogens with one attached hydrogen (secondary N) is 2. The summed E-state index contributed by atoms with van der Waals surface area (Å²) in [5.74, 6) is 0.644. The van der Waals surface area contributed by atoms with Crippen LogP contribution in [0.5, 0.6) is 0 Å². The van der Waals surface area contributed by atoms with Gasteiger partial charge in [0, 0.05) is 17.3 Å². The molecule has 0 aromatic heterocycles. The van der Waals surface area contributed by atoms with Gasteiger partial charge >= 0.3 is 0 Å². The van der Waals surface area contributed by atoms with E-state index in [0.29, 0.717) is 23.1 Å². The highest BCUT2D eigenvalue weighted by Crippen LogP contribution is 2.39.